The maximum absolute atomic E-state index is 12.1. The molecule has 1 aliphatic rings. The smallest absolute Gasteiger partial charge is 0.294 e. The second kappa shape index (κ2) is 6.51. The third-order valence-electron chi connectivity index (χ3n) is 3.67. The van der Waals surface area contributed by atoms with Crippen LogP contribution in [0.25, 0.3) is 0 Å². The molecule has 8 nitrogen and oxygen atoms in total. The quantitative estimate of drug-likeness (QED) is 0.426. The van der Waals surface area contributed by atoms with Gasteiger partial charge in [0, 0.05) is 24.8 Å². The summed E-state index contributed by atoms with van der Waals surface area (Å²) >= 11 is 0. The van der Waals surface area contributed by atoms with Gasteiger partial charge in [-0.15, -0.1) is 0 Å². The molecule has 0 bridgehead atoms. The van der Waals surface area contributed by atoms with Crippen LogP contribution in [0.1, 0.15) is 29.6 Å². The van der Waals surface area contributed by atoms with Gasteiger partial charge in [0.05, 0.1) is 11.0 Å². The van der Waals surface area contributed by atoms with E-state index in [1.54, 1.807) is 7.11 Å². The minimum atomic E-state index is -0.581. The molecule has 1 amide bonds. The number of nitrogens with one attached hydrogen (secondary N) is 2. The molecule has 4 N–H and O–H groups in total. The maximum Gasteiger partial charge on any atom is 0.294 e. The van der Waals surface area contributed by atoms with E-state index in [9.17, 15) is 14.9 Å². The molecule has 2 atom stereocenters. The van der Waals surface area contributed by atoms with E-state index in [4.69, 9.17) is 10.6 Å². The number of hydrogen-bond acceptors (Lipinski definition) is 6. The Kier molecular flexibility index (Phi) is 4.71. The predicted molar refractivity (Wildman–Crippen MR) is 76.8 cm³/mol. The second-order valence-electron chi connectivity index (χ2n) is 4.97. The summed E-state index contributed by atoms with van der Waals surface area (Å²) in [7, 11) is 1.65. The fraction of sp³-hybridized carbons (Fsp3) is 0.462. The molecule has 2 unspecified atom stereocenters. The molecule has 114 valence electrons. The number of hydrazine groups is 1. The molecule has 0 spiro atoms. The zero-order valence-corrected chi connectivity index (χ0v) is 11.7. The molecule has 8 heteroatoms. The Hall–Kier alpha value is -2.19. The van der Waals surface area contributed by atoms with Crippen LogP contribution in [-0.4, -0.2) is 30.1 Å². The Morgan fingerprint density at radius 3 is 2.81 bits per heavy atom. The van der Waals surface area contributed by atoms with Crippen LogP contribution >= 0.6 is 0 Å². The number of ether oxygens (including phenoxy) is 1. The number of rotatable bonds is 5. The summed E-state index contributed by atoms with van der Waals surface area (Å²) in [5.41, 5.74) is 2.41. The van der Waals surface area contributed by atoms with Crippen molar-refractivity contribution in [2.75, 3.05) is 12.5 Å². The van der Waals surface area contributed by atoms with Gasteiger partial charge in [0.2, 0.25) is 0 Å². The molecule has 0 radical (unpaired) electrons. The lowest BCUT2D eigenvalue weighted by molar-refractivity contribution is -0.384. The number of nitro benzene ring substituents is 1. The fourth-order valence-corrected chi connectivity index (χ4v) is 2.50. The molecule has 0 aromatic heterocycles. The van der Waals surface area contributed by atoms with Gasteiger partial charge >= 0.3 is 0 Å². The van der Waals surface area contributed by atoms with Crippen molar-refractivity contribution in [2.24, 2.45) is 5.84 Å². The minimum Gasteiger partial charge on any atom is -0.381 e. The Balaban J connectivity index is 2.09. The van der Waals surface area contributed by atoms with Crippen molar-refractivity contribution >= 4 is 17.3 Å². The molecule has 0 aliphatic heterocycles. The van der Waals surface area contributed by atoms with Crippen molar-refractivity contribution in [3.05, 3.63) is 33.9 Å². The Morgan fingerprint density at radius 2 is 2.24 bits per heavy atom. The van der Waals surface area contributed by atoms with E-state index in [1.807, 2.05) is 0 Å². The molecule has 1 aromatic carbocycles. The summed E-state index contributed by atoms with van der Waals surface area (Å²) in [4.78, 5) is 22.5. The third-order valence-corrected chi connectivity index (χ3v) is 3.67. The van der Waals surface area contributed by atoms with E-state index in [0.29, 0.717) is 0 Å². The number of anilines is 1. The zero-order valence-electron chi connectivity index (χ0n) is 11.7. The first kappa shape index (κ1) is 15.2. The monoisotopic (exact) mass is 294 g/mol. The SMILES string of the molecule is COC1CCC(NC(=O)c2ccc(NN)c([N+](=O)[O-])c2)C1. The van der Waals surface area contributed by atoms with Gasteiger partial charge in [0.25, 0.3) is 11.6 Å². The number of nitro groups is 1. The van der Waals surface area contributed by atoms with Crippen LogP contribution < -0.4 is 16.6 Å². The van der Waals surface area contributed by atoms with Crippen LogP contribution in [0.5, 0.6) is 0 Å². The summed E-state index contributed by atoms with van der Waals surface area (Å²) in [5, 5.41) is 13.8. The van der Waals surface area contributed by atoms with Gasteiger partial charge < -0.3 is 15.5 Å². The van der Waals surface area contributed by atoms with Crippen LogP contribution in [0.3, 0.4) is 0 Å². The standard InChI is InChI=1S/C13H18N4O4/c1-21-10-4-3-9(7-10)15-13(18)8-2-5-11(16-14)12(6-8)17(19)20/h2,5-6,9-10,16H,3-4,7,14H2,1H3,(H,15,18). The molecule has 1 aromatic rings. The van der Waals surface area contributed by atoms with Crippen LogP contribution in [0, 0.1) is 10.1 Å². The number of methoxy groups -OCH3 is 1. The summed E-state index contributed by atoms with van der Waals surface area (Å²) < 4.78 is 5.25. The van der Waals surface area contributed by atoms with Crippen molar-refractivity contribution in [1.29, 1.82) is 0 Å². The molecule has 0 saturated heterocycles. The van der Waals surface area contributed by atoms with Gasteiger partial charge in [-0.25, -0.2) is 0 Å². The third kappa shape index (κ3) is 3.47. The highest BCUT2D eigenvalue weighted by Gasteiger charge is 2.26. The summed E-state index contributed by atoms with van der Waals surface area (Å²) in [6.07, 6.45) is 2.66. The summed E-state index contributed by atoms with van der Waals surface area (Å²) in [6.45, 7) is 0. The number of nitrogen functional groups attached to an aromatic ring is 1. The number of amides is 1. The first-order valence-electron chi connectivity index (χ1n) is 6.64. The van der Waals surface area contributed by atoms with E-state index in [1.165, 1.54) is 18.2 Å². The Morgan fingerprint density at radius 1 is 1.48 bits per heavy atom. The highest BCUT2D eigenvalue weighted by atomic mass is 16.6. The molecule has 21 heavy (non-hydrogen) atoms. The van der Waals surface area contributed by atoms with Gasteiger partial charge in [-0.05, 0) is 31.4 Å². The topological polar surface area (TPSA) is 120 Å². The van der Waals surface area contributed by atoms with E-state index in [-0.39, 0.29) is 35.0 Å². The van der Waals surface area contributed by atoms with Gasteiger partial charge in [-0.1, -0.05) is 0 Å². The van der Waals surface area contributed by atoms with Crippen LogP contribution in [-0.2, 0) is 4.74 Å². The van der Waals surface area contributed by atoms with E-state index < -0.39 is 4.92 Å². The molecular weight excluding hydrogens is 276 g/mol. The summed E-state index contributed by atoms with van der Waals surface area (Å²) in [6, 6.07) is 4.17. The number of nitrogens with two attached hydrogens (primary N) is 1. The second-order valence-corrected chi connectivity index (χ2v) is 4.97. The van der Waals surface area contributed by atoms with Crippen molar-refractivity contribution in [3.63, 3.8) is 0 Å². The number of nitrogens with zero attached hydrogens (tertiary/aromatic N) is 1. The highest BCUT2D eigenvalue weighted by molar-refractivity contribution is 5.95. The van der Waals surface area contributed by atoms with Crippen molar-refractivity contribution < 1.29 is 14.5 Å². The maximum atomic E-state index is 12.1. The lowest BCUT2D eigenvalue weighted by Gasteiger charge is -2.13. The zero-order chi connectivity index (χ0) is 15.4. The molecular formula is C13H18N4O4. The first-order valence-corrected chi connectivity index (χ1v) is 6.64. The first-order chi connectivity index (χ1) is 10.0. The van der Waals surface area contributed by atoms with Crippen molar-refractivity contribution in [2.45, 2.75) is 31.4 Å². The van der Waals surface area contributed by atoms with Gasteiger partial charge in [-0.2, -0.15) is 0 Å². The highest BCUT2D eigenvalue weighted by Crippen LogP contribution is 2.25. The number of carbonyl (C=O) groups is 1. The minimum absolute atomic E-state index is 0.0359. The lowest BCUT2D eigenvalue weighted by atomic mass is 10.1. The Labute approximate surface area is 121 Å². The van der Waals surface area contributed by atoms with Gasteiger partial charge in [0.15, 0.2) is 0 Å². The average Bonchev–Trinajstić information content (AvgIpc) is 2.94. The molecule has 1 fully saturated rings. The molecule has 1 aliphatic carbocycles. The van der Waals surface area contributed by atoms with E-state index >= 15 is 0 Å². The summed E-state index contributed by atoms with van der Waals surface area (Å²) in [5.74, 6) is 4.88. The van der Waals surface area contributed by atoms with Crippen molar-refractivity contribution in [3.8, 4) is 0 Å². The lowest BCUT2D eigenvalue weighted by Crippen LogP contribution is -2.33. The fourth-order valence-electron chi connectivity index (χ4n) is 2.50. The van der Waals surface area contributed by atoms with Gasteiger partial charge in [0.1, 0.15) is 5.69 Å². The Bertz CT molecular complexity index is 549. The van der Waals surface area contributed by atoms with E-state index in [0.717, 1.165) is 19.3 Å². The van der Waals surface area contributed by atoms with Crippen LogP contribution in [0.15, 0.2) is 18.2 Å². The number of benzene rings is 1. The van der Waals surface area contributed by atoms with Crippen LogP contribution in [0.4, 0.5) is 11.4 Å². The molecule has 2 rings (SSSR count). The predicted octanol–water partition coefficient (Wildman–Crippen LogP) is 1.18. The van der Waals surface area contributed by atoms with Crippen molar-refractivity contribution in [1.82, 2.24) is 5.32 Å². The number of hydrogen-bond donors (Lipinski definition) is 3. The normalized spacial score (nSPS) is 21.0. The largest absolute Gasteiger partial charge is 0.381 e. The van der Waals surface area contributed by atoms with E-state index in [2.05, 4.69) is 10.7 Å². The molecule has 0 heterocycles. The van der Waals surface area contributed by atoms with Gasteiger partial charge in [-0.3, -0.25) is 20.8 Å². The molecule has 1 saturated carbocycles. The van der Waals surface area contributed by atoms with Crippen LogP contribution in [0.2, 0.25) is 0 Å². The number of carbonyl (C=O) groups excluding carboxylic acids is 1. The average molecular weight is 294 g/mol.